The van der Waals surface area contributed by atoms with Crippen molar-refractivity contribution < 1.29 is 80.2 Å². The summed E-state index contributed by atoms with van der Waals surface area (Å²) in [5.74, 6) is 0.0294. The van der Waals surface area contributed by atoms with Crippen LogP contribution in [-0.2, 0) is 65.4 Å². The predicted octanol–water partition coefficient (Wildman–Crippen LogP) is 19.1. The molecule has 0 bridgehead atoms. The Morgan fingerprint density at radius 3 is 0.782 bits per heavy atom. The standard InChI is InChI=1S/C68H132O17P2/c1-8-9-10-11-12-13-14-19-22-27-35-42-49-65(70)78-55-63(84-67(72)51-44-37-28-23-20-17-15-16-18-21-25-32-39-46-59(2)3)57-82-86(74,75)80-53-62(69)54-81-87(76,77)83-58-64(56-79-66(71)50-43-36-31-30-34-41-48-61(6)7)85-68(73)52-45-38-29-24-26-33-40-47-60(4)5/h59-64,69H,8-58H2,1-7H3,(H,74,75)(H,76,77)/t62-,63-,64-/m1/s1. The smallest absolute Gasteiger partial charge is 0.462 e. The first kappa shape index (κ1) is 85.1. The second-order valence-electron chi connectivity index (χ2n) is 26.0. The van der Waals surface area contributed by atoms with Crippen LogP contribution in [0.5, 0.6) is 0 Å². The third-order valence-corrected chi connectivity index (χ3v) is 17.5. The maximum absolute atomic E-state index is 13.0. The lowest BCUT2D eigenvalue weighted by molar-refractivity contribution is -0.161. The maximum Gasteiger partial charge on any atom is 0.472 e. The Balaban J connectivity index is 5.23. The summed E-state index contributed by atoms with van der Waals surface area (Å²) in [6, 6.07) is 0. The van der Waals surface area contributed by atoms with Crippen LogP contribution in [-0.4, -0.2) is 96.7 Å². The summed E-state index contributed by atoms with van der Waals surface area (Å²) in [5, 5.41) is 10.6. The van der Waals surface area contributed by atoms with E-state index < -0.39 is 97.5 Å². The molecule has 5 atom stereocenters. The van der Waals surface area contributed by atoms with E-state index in [0.717, 1.165) is 102 Å². The molecular weight excluding hydrogens is 1150 g/mol. The van der Waals surface area contributed by atoms with E-state index in [0.29, 0.717) is 37.5 Å². The molecule has 516 valence electrons. The van der Waals surface area contributed by atoms with Crippen LogP contribution in [0.25, 0.3) is 0 Å². The van der Waals surface area contributed by atoms with Gasteiger partial charge in [0.1, 0.15) is 19.3 Å². The van der Waals surface area contributed by atoms with Crippen LogP contribution in [0.15, 0.2) is 0 Å². The fourth-order valence-electron chi connectivity index (χ4n) is 10.2. The minimum atomic E-state index is -4.95. The van der Waals surface area contributed by atoms with Crippen molar-refractivity contribution in [2.75, 3.05) is 39.6 Å². The van der Waals surface area contributed by atoms with Crippen molar-refractivity contribution in [3.05, 3.63) is 0 Å². The van der Waals surface area contributed by atoms with Gasteiger partial charge >= 0.3 is 39.5 Å². The number of ether oxygens (including phenoxy) is 4. The van der Waals surface area contributed by atoms with Crippen LogP contribution in [0.3, 0.4) is 0 Å². The second-order valence-corrected chi connectivity index (χ2v) is 28.9. The van der Waals surface area contributed by atoms with Crippen molar-refractivity contribution in [1.82, 2.24) is 0 Å². The molecule has 2 unspecified atom stereocenters. The Kier molecular flexibility index (Phi) is 57.8. The number of aliphatic hydroxyl groups is 1. The molecule has 0 amide bonds. The summed E-state index contributed by atoms with van der Waals surface area (Å²) in [6.45, 7) is 11.7. The number of hydrogen-bond acceptors (Lipinski definition) is 15. The lowest BCUT2D eigenvalue weighted by Gasteiger charge is -2.21. The molecule has 0 aliphatic heterocycles. The van der Waals surface area contributed by atoms with E-state index in [1.54, 1.807) is 0 Å². The van der Waals surface area contributed by atoms with Crippen LogP contribution in [0.4, 0.5) is 0 Å². The van der Waals surface area contributed by atoms with Crippen molar-refractivity contribution in [3.63, 3.8) is 0 Å². The molecule has 0 spiro atoms. The molecule has 0 saturated carbocycles. The van der Waals surface area contributed by atoms with Gasteiger partial charge in [-0.25, -0.2) is 9.13 Å². The van der Waals surface area contributed by atoms with E-state index in [1.165, 1.54) is 141 Å². The molecule has 0 aliphatic rings. The first-order valence-electron chi connectivity index (χ1n) is 35.3. The Morgan fingerprint density at radius 1 is 0.310 bits per heavy atom. The van der Waals surface area contributed by atoms with E-state index in [2.05, 4.69) is 48.5 Å². The van der Waals surface area contributed by atoms with Crippen molar-refractivity contribution in [2.45, 2.75) is 356 Å². The third-order valence-electron chi connectivity index (χ3n) is 15.6. The highest BCUT2D eigenvalue weighted by molar-refractivity contribution is 7.47. The van der Waals surface area contributed by atoms with Crippen molar-refractivity contribution in [1.29, 1.82) is 0 Å². The molecule has 87 heavy (non-hydrogen) atoms. The molecule has 0 radical (unpaired) electrons. The van der Waals surface area contributed by atoms with Crippen LogP contribution in [0.2, 0.25) is 0 Å². The number of aliphatic hydroxyl groups excluding tert-OH is 1. The highest BCUT2D eigenvalue weighted by Gasteiger charge is 2.30. The zero-order valence-corrected chi connectivity index (χ0v) is 58.3. The van der Waals surface area contributed by atoms with E-state index in [9.17, 15) is 43.2 Å². The molecule has 0 rings (SSSR count). The summed E-state index contributed by atoms with van der Waals surface area (Å²) in [4.78, 5) is 72.4. The fraction of sp³-hybridized carbons (Fsp3) is 0.941. The first-order chi connectivity index (χ1) is 41.7. The number of carbonyl (C=O) groups excluding carboxylic acids is 4. The van der Waals surface area contributed by atoms with Gasteiger partial charge in [-0.2, -0.15) is 0 Å². The van der Waals surface area contributed by atoms with Gasteiger partial charge in [0.2, 0.25) is 0 Å². The average molecular weight is 1280 g/mol. The highest BCUT2D eigenvalue weighted by Crippen LogP contribution is 2.45. The highest BCUT2D eigenvalue weighted by atomic mass is 31.2. The van der Waals surface area contributed by atoms with Gasteiger partial charge in [0.05, 0.1) is 26.4 Å². The fourth-order valence-corrected chi connectivity index (χ4v) is 11.8. The summed E-state index contributed by atoms with van der Waals surface area (Å²) < 4.78 is 68.1. The van der Waals surface area contributed by atoms with Gasteiger partial charge < -0.3 is 33.8 Å². The number of carbonyl (C=O) groups is 4. The normalized spacial score (nSPS) is 14.3. The van der Waals surface area contributed by atoms with Gasteiger partial charge in [-0.1, -0.05) is 286 Å². The summed E-state index contributed by atoms with van der Waals surface area (Å²) in [5.41, 5.74) is 0. The molecule has 0 aromatic carbocycles. The van der Waals surface area contributed by atoms with Crippen molar-refractivity contribution in [3.8, 4) is 0 Å². The van der Waals surface area contributed by atoms with E-state index in [-0.39, 0.29) is 25.7 Å². The number of hydrogen-bond donors (Lipinski definition) is 3. The summed E-state index contributed by atoms with van der Waals surface area (Å²) in [7, 11) is -9.89. The lowest BCUT2D eigenvalue weighted by Crippen LogP contribution is -2.30. The quantitative estimate of drug-likeness (QED) is 0.0222. The summed E-state index contributed by atoms with van der Waals surface area (Å²) >= 11 is 0. The molecule has 0 heterocycles. The van der Waals surface area contributed by atoms with Crippen molar-refractivity contribution >= 4 is 39.5 Å². The lowest BCUT2D eigenvalue weighted by atomic mass is 10.0. The molecule has 0 aromatic rings. The monoisotopic (exact) mass is 1280 g/mol. The largest absolute Gasteiger partial charge is 0.472 e. The van der Waals surface area contributed by atoms with Gasteiger partial charge in [-0.15, -0.1) is 0 Å². The average Bonchev–Trinajstić information content (AvgIpc) is 3.69. The predicted molar refractivity (Wildman–Crippen MR) is 349 cm³/mol. The number of phosphoric acid groups is 2. The van der Waals surface area contributed by atoms with Gasteiger partial charge in [0, 0.05) is 25.7 Å². The third kappa shape index (κ3) is 62.6. The number of esters is 4. The molecule has 0 aliphatic carbocycles. The van der Waals surface area contributed by atoms with Gasteiger partial charge in [-0.05, 0) is 43.4 Å². The van der Waals surface area contributed by atoms with E-state index >= 15 is 0 Å². The Hall–Kier alpha value is -1.94. The SMILES string of the molecule is CCCCCCCCCCCCCCC(=O)OC[C@H](COP(=O)(O)OC[C@@H](O)COP(=O)(O)OC[C@@H](COC(=O)CCCCCCCCC(C)C)OC(=O)CCCCCCCCCC(C)C)OC(=O)CCCCCCCCCCCCCCCC(C)C. The van der Waals surface area contributed by atoms with Crippen LogP contribution < -0.4 is 0 Å². The molecule has 0 fully saturated rings. The Labute approximate surface area is 530 Å². The van der Waals surface area contributed by atoms with Crippen LogP contribution in [0, 0.1) is 17.8 Å². The first-order valence-corrected chi connectivity index (χ1v) is 38.3. The second kappa shape index (κ2) is 59.1. The van der Waals surface area contributed by atoms with Gasteiger partial charge in [-0.3, -0.25) is 37.3 Å². The minimum Gasteiger partial charge on any atom is -0.462 e. The maximum atomic E-state index is 13.0. The van der Waals surface area contributed by atoms with Gasteiger partial charge in [0.25, 0.3) is 0 Å². The molecule has 17 nitrogen and oxygen atoms in total. The zero-order chi connectivity index (χ0) is 64.5. The van der Waals surface area contributed by atoms with Crippen LogP contribution in [0.1, 0.15) is 337 Å². The molecular formula is C68H132O17P2. The molecule has 19 heteroatoms. The molecule has 0 saturated heterocycles. The molecule has 0 aromatic heterocycles. The molecule has 3 N–H and O–H groups in total. The Morgan fingerprint density at radius 2 is 0.529 bits per heavy atom. The number of rotatable bonds is 66. The number of phosphoric ester groups is 2. The van der Waals surface area contributed by atoms with Gasteiger partial charge in [0.15, 0.2) is 12.2 Å². The minimum absolute atomic E-state index is 0.102. The van der Waals surface area contributed by atoms with Crippen molar-refractivity contribution in [2.24, 2.45) is 17.8 Å². The topological polar surface area (TPSA) is 237 Å². The zero-order valence-electron chi connectivity index (χ0n) is 56.5. The van der Waals surface area contributed by atoms with E-state index in [1.807, 2.05) is 0 Å². The number of unbranched alkanes of at least 4 members (excludes halogenated alkanes) is 34. The Bertz CT molecular complexity index is 1720. The van der Waals surface area contributed by atoms with Crippen LogP contribution >= 0.6 is 15.6 Å². The van der Waals surface area contributed by atoms with E-state index in [4.69, 9.17) is 37.0 Å². The summed E-state index contributed by atoms with van der Waals surface area (Å²) in [6.07, 6.45) is 41.9.